The minimum absolute atomic E-state index is 0.141. The third-order valence-electron chi connectivity index (χ3n) is 5.29. The van der Waals surface area contributed by atoms with Crippen molar-refractivity contribution in [1.82, 2.24) is 5.32 Å². The molecule has 2 bridgehead atoms. The van der Waals surface area contributed by atoms with Crippen LogP contribution < -0.4 is 10.6 Å². The molecule has 0 radical (unpaired) electrons. The van der Waals surface area contributed by atoms with Crippen LogP contribution in [0.25, 0.3) is 10.8 Å². The van der Waals surface area contributed by atoms with Gasteiger partial charge in [-0.05, 0) is 42.7 Å². The summed E-state index contributed by atoms with van der Waals surface area (Å²) in [5, 5.41) is 16.6. The number of nitrogens with one attached hydrogen (secondary N) is 2. The quantitative estimate of drug-likeness (QED) is 0.596. The molecule has 3 atom stereocenters. The summed E-state index contributed by atoms with van der Waals surface area (Å²) >= 11 is 0. The third-order valence-corrected chi connectivity index (χ3v) is 5.29. The molecule has 1 fully saturated rings. The van der Waals surface area contributed by atoms with Gasteiger partial charge in [-0.2, -0.15) is 0 Å². The van der Waals surface area contributed by atoms with Crippen LogP contribution in [0.4, 0.5) is 5.69 Å². The van der Waals surface area contributed by atoms with Gasteiger partial charge in [-0.1, -0.05) is 36.4 Å². The molecule has 3 N–H and O–H groups in total. The van der Waals surface area contributed by atoms with Gasteiger partial charge < -0.3 is 15.7 Å². The molecule has 2 aromatic carbocycles. The van der Waals surface area contributed by atoms with E-state index in [4.69, 9.17) is 0 Å². The molecule has 0 heterocycles. The van der Waals surface area contributed by atoms with E-state index >= 15 is 0 Å². The van der Waals surface area contributed by atoms with Gasteiger partial charge in [-0.25, -0.2) is 0 Å². The van der Waals surface area contributed by atoms with Gasteiger partial charge in [0, 0.05) is 23.0 Å². The Bertz CT molecular complexity index is 874. The van der Waals surface area contributed by atoms with Gasteiger partial charge in [0.1, 0.15) is 5.75 Å². The summed E-state index contributed by atoms with van der Waals surface area (Å²) in [5.74, 6) is 0.445. The van der Waals surface area contributed by atoms with Crippen molar-refractivity contribution in [3.63, 3.8) is 0 Å². The number of carbonyl (C=O) groups excluding carboxylic acids is 2. The molecule has 2 aliphatic carbocycles. The number of amides is 2. The van der Waals surface area contributed by atoms with Gasteiger partial charge in [-0.15, -0.1) is 0 Å². The van der Waals surface area contributed by atoms with Crippen LogP contribution in [0.2, 0.25) is 0 Å². The number of fused-ring (bicyclic) bond motifs is 3. The van der Waals surface area contributed by atoms with Gasteiger partial charge >= 0.3 is 11.8 Å². The van der Waals surface area contributed by atoms with Crippen molar-refractivity contribution in [1.29, 1.82) is 0 Å². The molecular formula is C20H20N2O3. The first kappa shape index (κ1) is 15.7. The van der Waals surface area contributed by atoms with Crippen molar-refractivity contribution in [2.75, 3.05) is 11.9 Å². The fourth-order valence-corrected chi connectivity index (χ4v) is 4.01. The molecule has 5 heteroatoms. The largest absolute Gasteiger partial charge is 0.507 e. The maximum absolute atomic E-state index is 12.2. The van der Waals surface area contributed by atoms with Crippen LogP contribution in [0, 0.1) is 17.8 Å². The van der Waals surface area contributed by atoms with Crippen molar-refractivity contribution in [3.8, 4) is 5.75 Å². The fourth-order valence-electron chi connectivity index (χ4n) is 4.01. The monoisotopic (exact) mass is 336 g/mol. The zero-order valence-corrected chi connectivity index (χ0v) is 13.7. The lowest BCUT2D eigenvalue weighted by molar-refractivity contribution is -0.136. The summed E-state index contributed by atoms with van der Waals surface area (Å²) in [5.41, 5.74) is 0.511. The Morgan fingerprint density at radius 1 is 1.00 bits per heavy atom. The molecule has 5 nitrogen and oxygen atoms in total. The first-order valence-electron chi connectivity index (χ1n) is 8.60. The Kier molecular flexibility index (Phi) is 3.92. The molecule has 0 spiro atoms. The SMILES string of the molecule is O=C(NC[C@H]1C[C@H]2C=C[C@H]1C2)C(=O)Nc1cccc2c(O)cccc12. The normalized spacial score (nSPS) is 23.8. The van der Waals surface area contributed by atoms with Crippen molar-refractivity contribution < 1.29 is 14.7 Å². The predicted molar refractivity (Wildman–Crippen MR) is 96.1 cm³/mol. The lowest BCUT2D eigenvalue weighted by atomic mass is 9.94. The van der Waals surface area contributed by atoms with E-state index in [1.54, 1.807) is 36.4 Å². The Morgan fingerprint density at radius 2 is 1.80 bits per heavy atom. The topological polar surface area (TPSA) is 78.4 Å². The van der Waals surface area contributed by atoms with Crippen LogP contribution in [0.5, 0.6) is 5.75 Å². The number of hydrogen-bond acceptors (Lipinski definition) is 3. The second kappa shape index (κ2) is 6.24. The Hall–Kier alpha value is -2.82. The van der Waals surface area contributed by atoms with Gasteiger partial charge in [0.2, 0.25) is 0 Å². The molecule has 0 aliphatic heterocycles. The number of hydrogen-bond donors (Lipinski definition) is 3. The number of aromatic hydroxyl groups is 1. The second-order valence-corrected chi connectivity index (χ2v) is 6.88. The molecule has 0 unspecified atom stereocenters. The number of benzene rings is 2. The zero-order valence-electron chi connectivity index (χ0n) is 13.7. The average Bonchev–Trinajstić information content (AvgIpc) is 3.23. The Morgan fingerprint density at radius 3 is 2.56 bits per heavy atom. The highest BCUT2D eigenvalue weighted by atomic mass is 16.3. The van der Waals surface area contributed by atoms with Crippen LogP contribution in [-0.2, 0) is 9.59 Å². The maximum Gasteiger partial charge on any atom is 0.313 e. The molecule has 4 rings (SSSR count). The van der Waals surface area contributed by atoms with E-state index in [0.717, 1.165) is 6.42 Å². The predicted octanol–water partition coefficient (Wildman–Crippen LogP) is 2.81. The maximum atomic E-state index is 12.2. The first-order chi connectivity index (χ1) is 12.1. The summed E-state index contributed by atoms with van der Waals surface area (Å²) in [6, 6.07) is 10.3. The summed E-state index contributed by atoms with van der Waals surface area (Å²) < 4.78 is 0. The minimum Gasteiger partial charge on any atom is -0.507 e. The molecule has 25 heavy (non-hydrogen) atoms. The van der Waals surface area contributed by atoms with Crippen molar-refractivity contribution in [2.24, 2.45) is 17.8 Å². The third kappa shape index (κ3) is 2.97. The number of phenolic OH excluding ortho intramolecular Hbond substituents is 1. The van der Waals surface area contributed by atoms with Gasteiger partial charge in [0.25, 0.3) is 0 Å². The van der Waals surface area contributed by atoms with Crippen LogP contribution in [-0.4, -0.2) is 23.5 Å². The summed E-state index contributed by atoms with van der Waals surface area (Å²) in [7, 11) is 0. The zero-order chi connectivity index (χ0) is 17.4. The highest BCUT2D eigenvalue weighted by Crippen LogP contribution is 2.42. The van der Waals surface area contributed by atoms with Crippen LogP contribution in [0.3, 0.4) is 0 Å². The minimum atomic E-state index is -0.686. The Balaban J connectivity index is 1.41. The summed E-state index contributed by atoms with van der Waals surface area (Å²) in [4.78, 5) is 24.3. The van der Waals surface area contributed by atoms with Crippen LogP contribution >= 0.6 is 0 Å². The van der Waals surface area contributed by atoms with Crippen molar-refractivity contribution in [3.05, 3.63) is 48.6 Å². The highest BCUT2D eigenvalue weighted by Gasteiger charge is 2.35. The van der Waals surface area contributed by atoms with E-state index in [1.165, 1.54) is 6.42 Å². The molecule has 2 aromatic rings. The number of phenols is 1. The number of anilines is 1. The van der Waals surface area contributed by atoms with Crippen LogP contribution in [0.15, 0.2) is 48.6 Å². The smallest absolute Gasteiger partial charge is 0.313 e. The van der Waals surface area contributed by atoms with Gasteiger partial charge in [0.05, 0.1) is 0 Å². The van der Waals surface area contributed by atoms with E-state index in [-0.39, 0.29) is 5.75 Å². The summed E-state index contributed by atoms with van der Waals surface area (Å²) in [6.45, 7) is 0.536. The molecule has 2 amide bonds. The second-order valence-electron chi connectivity index (χ2n) is 6.88. The number of rotatable bonds is 3. The first-order valence-corrected chi connectivity index (χ1v) is 8.60. The molecular weight excluding hydrogens is 316 g/mol. The van der Waals surface area contributed by atoms with E-state index in [1.807, 2.05) is 0 Å². The van der Waals surface area contributed by atoms with E-state index in [9.17, 15) is 14.7 Å². The molecule has 0 saturated heterocycles. The number of allylic oxidation sites excluding steroid dienone is 2. The number of carbonyl (C=O) groups is 2. The van der Waals surface area contributed by atoms with Crippen LogP contribution in [0.1, 0.15) is 12.8 Å². The fraction of sp³-hybridized carbons (Fsp3) is 0.300. The molecule has 2 aliphatic rings. The Labute approximate surface area is 145 Å². The lowest BCUT2D eigenvalue weighted by Gasteiger charge is -2.18. The summed E-state index contributed by atoms with van der Waals surface area (Å²) in [6.07, 6.45) is 6.75. The highest BCUT2D eigenvalue weighted by molar-refractivity contribution is 6.40. The van der Waals surface area contributed by atoms with E-state index in [0.29, 0.717) is 40.8 Å². The molecule has 0 aromatic heterocycles. The van der Waals surface area contributed by atoms with Crippen molar-refractivity contribution in [2.45, 2.75) is 12.8 Å². The lowest BCUT2D eigenvalue weighted by Crippen LogP contribution is -2.38. The molecule has 128 valence electrons. The van der Waals surface area contributed by atoms with Gasteiger partial charge in [0.15, 0.2) is 0 Å². The van der Waals surface area contributed by atoms with E-state index < -0.39 is 11.8 Å². The average molecular weight is 336 g/mol. The standard InChI is InChI=1S/C20H20N2O3/c23-18-6-2-3-15-16(18)4-1-5-17(15)22-20(25)19(24)21-11-14-10-12-7-8-13(14)9-12/h1-8,12-14,23H,9-11H2,(H,21,24)(H,22,25)/t12-,13-,14+/m0/s1. The van der Waals surface area contributed by atoms with Crippen molar-refractivity contribution >= 4 is 28.3 Å². The van der Waals surface area contributed by atoms with Gasteiger partial charge in [-0.3, -0.25) is 9.59 Å². The molecule has 1 saturated carbocycles. The van der Waals surface area contributed by atoms with E-state index in [2.05, 4.69) is 22.8 Å².